The van der Waals surface area contributed by atoms with E-state index in [2.05, 4.69) is 20.3 Å². The number of carboxylic acid groups (broad SMARTS) is 1. The van der Waals surface area contributed by atoms with Crippen LogP contribution in [0.3, 0.4) is 0 Å². The highest BCUT2D eigenvalue weighted by molar-refractivity contribution is 5.83. The van der Waals surface area contributed by atoms with Crippen LogP contribution in [0.15, 0.2) is 14.4 Å². The third kappa shape index (κ3) is 4.68. The Kier molecular flexibility index (Phi) is 5.93. The molecule has 0 saturated heterocycles. The van der Waals surface area contributed by atoms with Crippen molar-refractivity contribution >= 4 is 23.0 Å². The number of aliphatic carboxylic acids is 1. The molecule has 4 N–H and O–H groups in total. The lowest BCUT2D eigenvalue weighted by molar-refractivity contribution is -0.142. The third-order valence-corrected chi connectivity index (χ3v) is 3.97. The van der Waals surface area contributed by atoms with E-state index < -0.39 is 34.7 Å². The summed E-state index contributed by atoms with van der Waals surface area (Å²) in [4.78, 5) is 67.2. The maximum absolute atomic E-state index is 12.1. The lowest BCUT2D eigenvalue weighted by atomic mass is 10.0. The van der Waals surface area contributed by atoms with Crippen LogP contribution in [0.1, 0.15) is 32.4 Å². The minimum atomic E-state index is -1.13. The zero-order valence-corrected chi connectivity index (χ0v) is 15.2. The first kappa shape index (κ1) is 20.1. The molecule has 0 aliphatic rings. The standard InChI is InChI=1S/C16H21N5O6/c1-7(2)6-9(15(25)26)17-10(22)5-4-8-13(23)19-12-11(18-8)14(24)20-16(27)21(12)3/h7,9H,4-6H2,1-3H3,(H,17,22)(H,19,23)(H,25,26)(H,20,24,27). The summed E-state index contributed by atoms with van der Waals surface area (Å²) in [6.45, 7) is 3.68. The molecule has 11 nitrogen and oxygen atoms in total. The van der Waals surface area contributed by atoms with Crippen molar-refractivity contribution in [1.29, 1.82) is 0 Å². The number of carbonyl (C=O) groups is 2. The topological polar surface area (TPSA) is 167 Å². The SMILES string of the molecule is CC(C)CC(NC(=O)CCc1nc2c(=O)[nH]c(=O)n(C)c2[nH]c1=O)C(=O)O. The molecule has 0 bridgehead atoms. The summed E-state index contributed by atoms with van der Waals surface area (Å²) in [5, 5.41) is 11.6. The molecule has 2 heterocycles. The van der Waals surface area contributed by atoms with E-state index in [9.17, 15) is 24.0 Å². The van der Waals surface area contributed by atoms with Crippen molar-refractivity contribution in [3.63, 3.8) is 0 Å². The van der Waals surface area contributed by atoms with E-state index in [0.717, 1.165) is 4.57 Å². The average Bonchev–Trinajstić information content (AvgIpc) is 2.57. The van der Waals surface area contributed by atoms with Crippen molar-refractivity contribution in [2.45, 2.75) is 39.2 Å². The number of hydrogen-bond donors (Lipinski definition) is 4. The van der Waals surface area contributed by atoms with Crippen LogP contribution in [-0.2, 0) is 23.1 Å². The summed E-state index contributed by atoms with van der Waals surface area (Å²) in [6.07, 6.45) is 0.0137. The normalized spacial score (nSPS) is 12.3. The molecule has 1 amide bonds. The molecule has 0 spiro atoms. The van der Waals surface area contributed by atoms with E-state index in [1.807, 2.05) is 13.8 Å². The van der Waals surface area contributed by atoms with Crippen LogP contribution in [0.2, 0.25) is 0 Å². The molecule has 27 heavy (non-hydrogen) atoms. The molecule has 11 heteroatoms. The molecule has 2 aromatic heterocycles. The number of nitrogens with zero attached hydrogens (tertiary/aromatic N) is 2. The maximum Gasteiger partial charge on any atom is 0.329 e. The van der Waals surface area contributed by atoms with Gasteiger partial charge in [-0.15, -0.1) is 0 Å². The molecule has 2 aromatic rings. The molecular formula is C16H21N5O6. The molecule has 0 aliphatic carbocycles. The number of fused-ring (bicyclic) bond motifs is 1. The van der Waals surface area contributed by atoms with E-state index in [-0.39, 0.29) is 42.0 Å². The summed E-state index contributed by atoms with van der Waals surface area (Å²) in [5.41, 5.74) is -2.29. The predicted octanol–water partition coefficient (Wildman–Crippen LogP) is -1.14. The van der Waals surface area contributed by atoms with Crippen LogP contribution < -0.4 is 22.1 Å². The second kappa shape index (κ2) is 7.98. The Bertz CT molecular complexity index is 1050. The summed E-state index contributed by atoms with van der Waals surface area (Å²) in [5.74, 6) is -1.60. The second-order valence-corrected chi connectivity index (χ2v) is 6.62. The monoisotopic (exact) mass is 379 g/mol. The fraction of sp³-hybridized carbons (Fsp3) is 0.500. The largest absolute Gasteiger partial charge is 0.480 e. The number of carboxylic acids is 1. The predicted molar refractivity (Wildman–Crippen MR) is 95.6 cm³/mol. The Morgan fingerprint density at radius 2 is 1.85 bits per heavy atom. The third-order valence-electron chi connectivity index (χ3n) is 3.97. The fourth-order valence-corrected chi connectivity index (χ4v) is 2.58. The highest BCUT2D eigenvalue weighted by Gasteiger charge is 2.21. The lowest BCUT2D eigenvalue weighted by Gasteiger charge is -2.16. The number of amides is 1. The molecule has 2 rings (SSSR count). The molecule has 1 atom stereocenters. The van der Waals surface area contributed by atoms with E-state index in [4.69, 9.17) is 5.11 Å². The Hall–Kier alpha value is -3.24. The zero-order chi connectivity index (χ0) is 20.3. The molecule has 0 radical (unpaired) electrons. The van der Waals surface area contributed by atoms with Crippen molar-refractivity contribution in [3.05, 3.63) is 36.9 Å². The minimum absolute atomic E-state index is 0.0233. The Morgan fingerprint density at radius 3 is 2.44 bits per heavy atom. The van der Waals surface area contributed by atoms with Crippen LogP contribution in [0, 0.1) is 5.92 Å². The summed E-state index contributed by atoms with van der Waals surface area (Å²) in [6, 6.07) is -1.02. The number of H-pyrrole nitrogens is 2. The van der Waals surface area contributed by atoms with Crippen LogP contribution in [-0.4, -0.2) is 42.5 Å². The fourth-order valence-electron chi connectivity index (χ4n) is 2.58. The Morgan fingerprint density at radius 1 is 1.19 bits per heavy atom. The summed E-state index contributed by atoms with van der Waals surface area (Å²) >= 11 is 0. The van der Waals surface area contributed by atoms with Gasteiger partial charge in [-0.2, -0.15) is 0 Å². The van der Waals surface area contributed by atoms with Gasteiger partial charge in [-0.25, -0.2) is 14.6 Å². The smallest absolute Gasteiger partial charge is 0.329 e. The molecule has 0 aromatic carbocycles. The van der Waals surface area contributed by atoms with Gasteiger partial charge in [0.25, 0.3) is 11.1 Å². The van der Waals surface area contributed by atoms with Crippen LogP contribution >= 0.6 is 0 Å². The van der Waals surface area contributed by atoms with Gasteiger partial charge in [-0.05, 0) is 12.3 Å². The number of aromatic nitrogens is 4. The van der Waals surface area contributed by atoms with Crippen molar-refractivity contribution in [3.8, 4) is 0 Å². The minimum Gasteiger partial charge on any atom is -0.480 e. The van der Waals surface area contributed by atoms with Crippen LogP contribution in [0.4, 0.5) is 0 Å². The number of hydrogen-bond acceptors (Lipinski definition) is 6. The summed E-state index contributed by atoms with van der Waals surface area (Å²) < 4.78 is 1.05. The second-order valence-electron chi connectivity index (χ2n) is 6.62. The first-order chi connectivity index (χ1) is 12.6. The van der Waals surface area contributed by atoms with Crippen LogP contribution in [0.5, 0.6) is 0 Å². The maximum atomic E-state index is 12.1. The number of aryl methyl sites for hydroxylation is 2. The highest BCUT2D eigenvalue weighted by atomic mass is 16.4. The van der Waals surface area contributed by atoms with Crippen LogP contribution in [0.25, 0.3) is 11.2 Å². The van der Waals surface area contributed by atoms with Crippen molar-refractivity contribution in [1.82, 2.24) is 24.8 Å². The number of aromatic amines is 2. The van der Waals surface area contributed by atoms with Gasteiger partial charge in [0.15, 0.2) is 5.52 Å². The van der Waals surface area contributed by atoms with Crippen molar-refractivity contribution in [2.24, 2.45) is 13.0 Å². The number of nitrogens with one attached hydrogen (secondary N) is 3. The molecule has 0 aliphatic heterocycles. The van der Waals surface area contributed by atoms with E-state index in [1.165, 1.54) is 7.05 Å². The molecular weight excluding hydrogens is 358 g/mol. The molecule has 0 saturated carbocycles. The van der Waals surface area contributed by atoms with Crippen molar-refractivity contribution < 1.29 is 14.7 Å². The van der Waals surface area contributed by atoms with Gasteiger partial charge in [0.1, 0.15) is 17.4 Å². The highest BCUT2D eigenvalue weighted by Crippen LogP contribution is 2.06. The van der Waals surface area contributed by atoms with Gasteiger partial charge in [0, 0.05) is 19.9 Å². The first-order valence-electron chi connectivity index (χ1n) is 8.34. The zero-order valence-electron chi connectivity index (χ0n) is 15.2. The molecule has 146 valence electrons. The van der Waals surface area contributed by atoms with Gasteiger partial charge in [0.05, 0.1) is 0 Å². The quantitative estimate of drug-likeness (QED) is 0.471. The van der Waals surface area contributed by atoms with Crippen molar-refractivity contribution in [2.75, 3.05) is 0 Å². The summed E-state index contributed by atoms with van der Waals surface area (Å²) in [7, 11) is 1.37. The number of rotatable bonds is 7. The first-order valence-corrected chi connectivity index (χ1v) is 8.34. The molecule has 0 fully saturated rings. The van der Waals surface area contributed by atoms with E-state index in [1.54, 1.807) is 0 Å². The molecule has 1 unspecified atom stereocenters. The van der Waals surface area contributed by atoms with Gasteiger partial charge in [-0.1, -0.05) is 13.8 Å². The van der Waals surface area contributed by atoms with E-state index in [0.29, 0.717) is 0 Å². The van der Waals surface area contributed by atoms with E-state index >= 15 is 0 Å². The van der Waals surface area contributed by atoms with Gasteiger partial charge in [-0.3, -0.25) is 23.9 Å². The van der Waals surface area contributed by atoms with Gasteiger partial charge >= 0.3 is 11.7 Å². The lowest BCUT2D eigenvalue weighted by Crippen LogP contribution is -2.41. The number of carbonyl (C=O) groups excluding carboxylic acids is 1. The average molecular weight is 379 g/mol. The Balaban J connectivity index is 2.19. The van der Waals surface area contributed by atoms with Gasteiger partial charge < -0.3 is 15.4 Å². The van der Waals surface area contributed by atoms with Gasteiger partial charge in [0.2, 0.25) is 5.91 Å². The Labute approximate surface area is 152 Å².